The van der Waals surface area contributed by atoms with Crippen LogP contribution < -0.4 is 5.73 Å². The number of hydrogen-bond donors (Lipinski definition) is 1. The van der Waals surface area contributed by atoms with E-state index in [9.17, 15) is 4.39 Å². The van der Waals surface area contributed by atoms with Crippen LogP contribution in [0.25, 0.3) is 21.9 Å². The van der Waals surface area contributed by atoms with Crippen molar-refractivity contribution in [2.24, 2.45) is 5.73 Å². The van der Waals surface area contributed by atoms with Crippen LogP contribution in [0.3, 0.4) is 0 Å². The summed E-state index contributed by atoms with van der Waals surface area (Å²) in [7, 11) is 0. The lowest BCUT2D eigenvalue weighted by Crippen LogP contribution is -2.00. The van der Waals surface area contributed by atoms with Crippen LogP contribution >= 0.6 is 0 Å². The average molecular weight is 252 g/mol. The minimum atomic E-state index is -0.266. The van der Waals surface area contributed by atoms with Gasteiger partial charge >= 0.3 is 0 Å². The number of pyridine rings is 1. The van der Waals surface area contributed by atoms with Crippen molar-refractivity contribution in [1.29, 1.82) is 0 Å². The van der Waals surface area contributed by atoms with Gasteiger partial charge in [0.1, 0.15) is 5.82 Å². The summed E-state index contributed by atoms with van der Waals surface area (Å²) >= 11 is 0. The van der Waals surface area contributed by atoms with Crippen molar-refractivity contribution in [2.75, 3.05) is 0 Å². The summed E-state index contributed by atoms with van der Waals surface area (Å²) in [5.41, 5.74) is 8.43. The van der Waals surface area contributed by atoms with Crippen LogP contribution in [0.4, 0.5) is 4.39 Å². The SMILES string of the molecule is NCc1cc(F)ccc1-c1cncc2ccccc12. The molecule has 0 bridgehead atoms. The van der Waals surface area contributed by atoms with E-state index in [0.29, 0.717) is 6.54 Å². The minimum absolute atomic E-state index is 0.266. The van der Waals surface area contributed by atoms with Gasteiger partial charge in [-0.05, 0) is 28.6 Å². The first-order valence-electron chi connectivity index (χ1n) is 6.11. The lowest BCUT2D eigenvalue weighted by molar-refractivity contribution is 0.625. The predicted molar refractivity (Wildman–Crippen MR) is 75.0 cm³/mol. The minimum Gasteiger partial charge on any atom is -0.326 e. The molecule has 94 valence electrons. The Bertz CT molecular complexity index is 732. The third-order valence-corrected chi connectivity index (χ3v) is 3.25. The van der Waals surface area contributed by atoms with Gasteiger partial charge in [-0.2, -0.15) is 0 Å². The van der Waals surface area contributed by atoms with E-state index in [1.165, 1.54) is 12.1 Å². The smallest absolute Gasteiger partial charge is 0.123 e. The Hall–Kier alpha value is -2.26. The Morgan fingerprint density at radius 2 is 1.84 bits per heavy atom. The molecule has 3 heteroatoms. The molecule has 0 radical (unpaired) electrons. The Kier molecular flexibility index (Phi) is 2.97. The number of hydrogen-bond acceptors (Lipinski definition) is 2. The van der Waals surface area contributed by atoms with Crippen molar-refractivity contribution < 1.29 is 4.39 Å². The normalized spacial score (nSPS) is 10.8. The highest BCUT2D eigenvalue weighted by Crippen LogP contribution is 2.30. The second kappa shape index (κ2) is 4.78. The van der Waals surface area contributed by atoms with E-state index in [4.69, 9.17) is 5.73 Å². The van der Waals surface area contributed by atoms with Crippen LogP contribution in [-0.2, 0) is 6.54 Å². The second-order valence-electron chi connectivity index (χ2n) is 4.41. The Balaban J connectivity index is 2.30. The van der Waals surface area contributed by atoms with E-state index >= 15 is 0 Å². The fraction of sp³-hybridized carbons (Fsp3) is 0.0625. The molecule has 0 atom stereocenters. The van der Waals surface area contributed by atoms with E-state index in [1.807, 2.05) is 30.5 Å². The van der Waals surface area contributed by atoms with Gasteiger partial charge in [0.2, 0.25) is 0 Å². The number of rotatable bonds is 2. The Labute approximate surface area is 110 Å². The molecule has 1 aromatic heterocycles. The molecule has 0 unspecified atom stereocenters. The summed E-state index contributed by atoms with van der Waals surface area (Å²) in [6.07, 6.45) is 3.62. The summed E-state index contributed by atoms with van der Waals surface area (Å²) in [4.78, 5) is 4.25. The molecule has 0 aliphatic carbocycles. The summed E-state index contributed by atoms with van der Waals surface area (Å²) in [5.74, 6) is -0.266. The monoisotopic (exact) mass is 252 g/mol. The fourth-order valence-corrected chi connectivity index (χ4v) is 2.33. The summed E-state index contributed by atoms with van der Waals surface area (Å²) in [6, 6.07) is 12.7. The zero-order valence-corrected chi connectivity index (χ0v) is 10.3. The second-order valence-corrected chi connectivity index (χ2v) is 4.41. The molecule has 3 rings (SSSR count). The van der Waals surface area contributed by atoms with Gasteiger partial charge in [-0.15, -0.1) is 0 Å². The molecule has 0 saturated heterocycles. The Morgan fingerprint density at radius 1 is 1.00 bits per heavy atom. The van der Waals surface area contributed by atoms with Crippen LogP contribution in [-0.4, -0.2) is 4.98 Å². The van der Waals surface area contributed by atoms with Gasteiger partial charge < -0.3 is 5.73 Å². The van der Waals surface area contributed by atoms with Gasteiger partial charge in [-0.25, -0.2) is 4.39 Å². The molecular formula is C16H13FN2. The zero-order chi connectivity index (χ0) is 13.2. The first-order valence-corrected chi connectivity index (χ1v) is 6.11. The number of nitrogens with zero attached hydrogens (tertiary/aromatic N) is 1. The topological polar surface area (TPSA) is 38.9 Å². The zero-order valence-electron chi connectivity index (χ0n) is 10.3. The molecule has 3 aromatic rings. The lowest BCUT2D eigenvalue weighted by atomic mass is 9.96. The van der Waals surface area contributed by atoms with E-state index < -0.39 is 0 Å². The number of benzene rings is 2. The van der Waals surface area contributed by atoms with E-state index in [1.54, 1.807) is 12.3 Å². The van der Waals surface area contributed by atoms with Crippen molar-refractivity contribution in [1.82, 2.24) is 4.98 Å². The molecule has 2 aromatic carbocycles. The largest absolute Gasteiger partial charge is 0.326 e. The standard InChI is InChI=1S/C16H13FN2/c17-13-5-6-15(12(7-13)8-18)16-10-19-9-11-3-1-2-4-14(11)16/h1-7,9-10H,8,18H2. The molecule has 2 N–H and O–H groups in total. The van der Waals surface area contributed by atoms with Crippen LogP contribution in [0.2, 0.25) is 0 Å². The Morgan fingerprint density at radius 3 is 2.68 bits per heavy atom. The molecule has 0 aliphatic rings. The summed E-state index contributed by atoms with van der Waals surface area (Å²) in [5, 5.41) is 2.16. The first-order chi connectivity index (χ1) is 9.29. The lowest BCUT2D eigenvalue weighted by Gasteiger charge is -2.10. The highest BCUT2D eigenvalue weighted by molar-refractivity contribution is 5.96. The molecular weight excluding hydrogens is 239 g/mol. The number of halogens is 1. The van der Waals surface area contributed by atoms with Crippen molar-refractivity contribution in [3.05, 3.63) is 66.2 Å². The van der Waals surface area contributed by atoms with Crippen molar-refractivity contribution >= 4 is 10.8 Å². The molecule has 0 fully saturated rings. The van der Waals surface area contributed by atoms with Gasteiger partial charge in [-0.3, -0.25) is 4.98 Å². The molecule has 0 amide bonds. The van der Waals surface area contributed by atoms with E-state index in [0.717, 1.165) is 27.5 Å². The molecule has 1 heterocycles. The van der Waals surface area contributed by atoms with Crippen molar-refractivity contribution in [2.45, 2.75) is 6.54 Å². The average Bonchev–Trinajstić information content (AvgIpc) is 2.46. The summed E-state index contributed by atoms with van der Waals surface area (Å²) < 4.78 is 13.3. The van der Waals surface area contributed by atoms with Crippen molar-refractivity contribution in [3.63, 3.8) is 0 Å². The van der Waals surface area contributed by atoms with Gasteiger partial charge in [0.05, 0.1) is 0 Å². The van der Waals surface area contributed by atoms with Crippen LogP contribution in [0, 0.1) is 5.82 Å². The van der Waals surface area contributed by atoms with E-state index in [2.05, 4.69) is 4.98 Å². The van der Waals surface area contributed by atoms with Crippen LogP contribution in [0.15, 0.2) is 54.9 Å². The molecule has 0 aliphatic heterocycles. The van der Waals surface area contributed by atoms with E-state index in [-0.39, 0.29) is 5.82 Å². The molecule has 2 nitrogen and oxygen atoms in total. The predicted octanol–water partition coefficient (Wildman–Crippen LogP) is 3.50. The van der Waals surface area contributed by atoms with Gasteiger partial charge in [0.15, 0.2) is 0 Å². The molecule has 0 saturated carbocycles. The maximum atomic E-state index is 13.3. The summed E-state index contributed by atoms with van der Waals surface area (Å²) in [6.45, 7) is 0.302. The van der Waals surface area contributed by atoms with Gasteiger partial charge in [0, 0.05) is 29.9 Å². The quantitative estimate of drug-likeness (QED) is 0.758. The van der Waals surface area contributed by atoms with Crippen LogP contribution in [0.1, 0.15) is 5.56 Å². The maximum Gasteiger partial charge on any atom is 0.123 e. The number of aromatic nitrogens is 1. The van der Waals surface area contributed by atoms with Crippen molar-refractivity contribution in [3.8, 4) is 11.1 Å². The third-order valence-electron chi connectivity index (χ3n) is 3.25. The fourth-order valence-electron chi connectivity index (χ4n) is 2.33. The van der Waals surface area contributed by atoms with Gasteiger partial charge in [-0.1, -0.05) is 30.3 Å². The third kappa shape index (κ3) is 2.09. The molecule has 0 spiro atoms. The highest BCUT2D eigenvalue weighted by atomic mass is 19.1. The number of nitrogens with two attached hydrogens (primary N) is 1. The first kappa shape index (κ1) is 11.8. The van der Waals surface area contributed by atoms with Crippen LogP contribution in [0.5, 0.6) is 0 Å². The molecule has 19 heavy (non-hydrogen) atoms. The maximum absolute atomic E-state index is 13.3. The van der Waals surface area contributed by atoms with Gasteiger partial charge in [0.25, 0.3) is 0 Å². The number of fused-ring (bicyclic) bond motifs is 1. The highest BCUT2D eigenvalue weighted by Gasteiger charge is 2.09.